The van der Waals surface area contributed by atoms with Gasteiger partial charge in [0.05, 0.1) is 13.2 Å². The number of carbonyl (C=O) groups is 2. The lowest BCUT2D eigenvalue weighted by Crippen LogP contribution is -2.44. The zero-order valence-electron chi connectivity index (χ0n) is 15.6. The molecule has 0 radical (unpaired) electrons. The Morgan fingerprint density at radius 1 is 1.04 bits per heavy atom. The van der Waals surface area contributed by atoms with Crippen LogP contribution in [-0.2, 0) is 11.2 Å². The normalized spacial score (nSPS) is 12.7. The van der Waals surface area contributed by atoms with Crippen molar-refractivity contribution in [3.05, 3.63) is 65.7 Å². The van der Waals surface area contributed by atoms with E-state index in [1.165, 1.54) is 0 Å². The van der Waals surface area contributed by atoms with E-state index in [-0.39, 0.29) is 24.5 Å². The molecule has 0 aliphatic heterocycles. The highest BCUT2D eigenvalue weighted by molar-refractivity contribution is 5.75. The monoisotopic (exact) mass is 370 g/mol. The molecule has 2 atom stereocenters. The van der Waals surface area contributed by atoms with Crippen molar-refractivity contribution in [2.75, 3.05) is 7.11 Å². The van der Waals surface area contributed by atoms with Crippen LogP contribution in [0.2, 0.25) is 0 Å². The number of carboxylic acid groups (broad SMARTS) is 1. The van der Waals surface area contributed by atoms with Gasteiger partial charge in [0, 0.05) is 12.5 Å². The first kappa shape index (κ1) is 20.3. The van der Waals surface area contributed by atoms with E-state index in [1.807, 2.05) is 61.5 Å². The Hall–Kier alpha value is -3.02. The lowest BCUT2D eigenvalue weighted by molar-refractivity contribution is -0.137. The SMILES string of the molecule is COc1ccc(C(C)NC(=O)NC(CCC(=O)O)Cc2ccccc2)cc1. The lowest BCUT2D eigenvalue weighted by atomic mass is 10.0. The van der Waals surface area contributed by atoms with Gasteiger partial charge in [0.25, 0.3) is 0 Å². The van der Waals surface area contributed by atoms with Crippen molar-refractivity contribution < 1.29 is 19.4 Å². The molecule has 2 rings (SSSR count). The molecule has 0 spiro atoms. The van der Waals surface area contributed by atoms with Crippen molar-refractivity contribution in [1.82, 2.24) is 10.6 Å². The average molecular weight is 370 g/mol. The first-order valence-corrected chi connectivity index (χ1v) is 8.94. The number of hydrogen-bond acceptors (Lipinski definition) is 3. The van der Waals surface area contributed by atoms with Crippen LogP contribution in [0.1, 0.15) is 36.9 Å². The van der Waals surface area contributed by atoms with Crippen LogP contribution in [0, 0.1) is 0 Å². The molecule has 0 aliphatic carbocycles. The van der Waals surface area contributed by atoms with E-state index in [1.54, 1.807) is 7.11 Å². The van der Waals surface area contributed by atoms with Crippen LogP contribution in [0.3, 0.4) is 0 Å². The second-order valence-electron chi connectivity index (χ2n) is 6.43. The van der Waals surface area contributed by atoms with Crippen LogP contribution < -0.4 is 15.4 Å². The second kappa shape index (κ2) is 10.2. The van der Waals surface area contributed by atoms with Gasteiger partial charge in [0.1, 0.15) is 5.75 Å². The topological polar surface area (TPSA) is 87.7 Å². The Morgan fingerprint density at radius 2 is 1.70 bits per heavy atom. The minimum atomic E-state index is -0.873. The third-order valence-corrected chi connectivity index (χ3v) is 4.33. The van der Waals surface area contributed by atoms with Crippen molar-refractivity contribution in [2.45, 2.75) is 38.3 Å². The largest absolute Gasteiger partial charge is 0.497 e. The molecular formula is C21H26N2O4. The molecule has 2 unspecified atom stereocenters. The van der Waals surface area contributed by atoms with Crippen LogP contribution >= 0.6 is 0 Å². The van der Waals surface area contributed by atoms with Crippen LogP contribution in [0.5, 0.6) is 5.75 Å². The van der Waals surface area contributed by atoms with Gasteiger partial charge in [-0.05, 0) is 43.0 Å². The van der Waals surface area contributed by atoms with Gasteiger partial charge < -0.3 is 20.5 Å². The third-order valence-electron chi connectivity index (χ3n) is 4.33. The summed E-state index contributed by atoms with van der Waals surface area (Å²) in [5.74, 6) is -0.117. The van der Waals surface area contributed by atoms with E-state index in [0.29, 0.717) is 12.8 Å². The Morgan fingerprint density at radius 3 is 2.30 bits per heavy atom. The quantitative estimate of drug-likeness (QED) is 0.630. The summed E-state index contributed by atoms with van der Waals surface area (Å²) in [6.45, 7) is 1.89. The van der Waals surface area contributed by atoms with Crippen LogP contribution in [-0.4, -0.2) is 30.3 Å². The number of carbonyl (C=O) groups excluding carboxylic acids is 1. The van der Waals surface area contributed by atoms with E-state index in [9.17, 15) is 9.59 Å². The number of nitrogens with one attached hydrogen (secondary N) is 2. The maximum absolute atomic E-state index is 12.4. The first-order valence-electron chi connectivity index (χ1n) is 8.94. The fourth-order valence-corrected chi connectivity index (χ4v) is 2.82. The van der Waals surface area contributed by atoms with Crippen molar-refractivity contribution in [1.29, 1.82) is 0 Å². The molecule has 0 saturated heterocycles. The van der Waals surface area contributed by atoms with E-state index < -0.39 is 5.97 Å². The lowest BCUT2D eigenvalue weighted by Gasteiger charge is -2.21. The number of amides is 2. The molecule has 0 fully saturated rings. The summed E-state index contributed by atoms with van der Waals surface area (Å²) in [7, 11) is 1.61. The summed E-state index contributed by atoms with van der Waals surface area (Å²) in [6.07, 6.45) is 0.957. The summed E-state index contributed by atoms with van der Waals surface area (Å²) >= 11 is 0. The molecule has 27 heavy (non-hydrogen) atoms. The highest BCUT2D eigenvalue weighted by atomic mass is 16.5. The molecule has 0 saturated carbocycles. The van der Waals surface area contributed by atoms with Gasteiger partial charge in [-0.3, -0.25) is 4.79 Å². The third kappa shape index (κ3) is 7.01. The fourth-order valence-electron chi connectivity index (χ4n) is 2.82. The molecule has 0 heterocycles. The highest BCUT2D eigenvalue weighted by Crippen LogP contribution is 2.17. The van der Waals surface area contributed by atoms with Gasteiger partial charge in [-0.25, -0.2) is 4.79 Å². The van der Waals surface area contributed by atoms with E-state index in [0.717, 1.165) is 16.9 Å². The van der Waals surface area contributed by atoms with E-state index in [4.69, 9.17) is 9.84 Å². The molecule has 144 valence electrons. The maximum atomic E-state index is 12.4. The Kier molecular flexibility index (Phi) is 7.67. The van der Waals surface area contributed by atoms with Gasteiger partial charge >= 0.3 is 12.0 Å². The zero-order valence-corrected chi connectivity index (χ0v) is 15.6. The number of hydrogen-bond donors (Lipinski definition) is 3. The number of rotatable bonds is 9. The van der Waals surface area contributed by atoms with Crippen molar-refractivity contribution in [2.24, 2.45) is 0 Å². The molecule has 2 aromatic rings. The molecule has 0 aromatic heterocycles. The van der Waals surface area contributed by atoms with Gasteiger partial charge in [0.2, 0.25) is 0 Å². The Bertz CT molecular complexity index is 732. The summed E-state index contributed by atoms with van der Waals surface area (Å²) in [5, 5.41) is 14.8. The van der Waals surface area contributed by atoms with Gasteiger partial charge in [-0.2, -0.15) is 0 Å². The Balaban J connectivity index is 1.95. The van der Waals surface area contributed by atoms with Crippen molar-refractivity contribution in [3.63, 3.8) is 0 Å². The average Bonchev–Trinajstić information content (AvgIpc) is 2.66. The Labute approximate surface area is 159 Å². The van der Waals surface area contributed by atoms with Crippen molar-refractivity contribution in [3.8, 4) is 5.75 Å². The van der Waals surface area contributed by atoms with Crippen molar-refractivity contribution >= 4 is 12.0 Å². The summed E-state index contributed by atoms with van der Waals surface area (Å²) in [6, 6.07) is 16.4. The van der Waals surface area contributed by atoms with E-state index in [2.05, 4.69) is 10.6 Å². The summed E-state index contributed by atoms with van der Waals surface area (Å²) in [4.78, 5) is 23.3. The molecule has 0 aliphatic rings. The van der Waals surface area contributed by atoms with Crippen LogP contribution in [0.15, 0.2) is 54.6 Å². The number of carboxylic acids is 1. The molecule has 6 nitrogen and oxygen atoms in total. The summed E-state index contributed by atoms with van der Waals surface area (Å²) < 4.78 is 5.14. The maximum Gasteiger partial charge on any atom is 0.315 e. The predicted octanol–water partition coefficient (Wildman–Crippen LogP) is 3.53. The molecular weight excluding hydrogens is 344 g/mol. The summed E-state index contributed by atoms with van der Waals surface area (Å²) in [5.41, 5.74) is 2.01. The second-order valence-corrected chi connectivity index (χ2v) is 6.43. The van der Waals surface area contributed by atoms with Gasteiger partial charge in [0.15, 0.2) is 0 Å². The number of benzene rings is 2. The van der Waals surface area contributed by atoms with Gasteiger partial charge in [-0.15, -0.1) is 0 Å². The standard InChI is InChI=1S/C21H26N2O4/c1-15(17-8-11-19(27-2)12-9-17)22-21(26)23-18(10-13-20(24)25)14-16-6-4-3-5-7-16/h3-9,11-12,15,18H,10,13-14H2,1-2H3,(H,24,25)(H2,22,23,26). The van der Waals surface area contributed by atoms with Crippen LogP contribution in [0.25, 0.3) is 0 Å². The number of methoxy groups -OCH3 is 1. The first-order chi connectivity index (χ1) is 13.0. The highest BCUT2D eigenvalue weighted by Gasteiger charge is 2.16. The number of urea groups is 1. The van der Waals surface area contributed by atoms with E-state index >= 15 is 0 Å². The molecule has 0 bridgehead atoms. The van der Waals surface area contributed by atoms with Crippen LogP contribution in [0.4, 0.5) is 4.79 Å². The predicted molar refractivity (Wildman–Crippen MR) is 104 cm³/mol. The zero-order chi connectivity index (χ0) is 19.6. The van der Waals surface area contributed by atoms with Gasteiger partial charge in [-0.1, -0.05) is 42.5 Å². The number of ether oxygens (including phenoxy) is 1. The molecule has 6 heteroatoms. The molecule has 2 amide bonds. The smallest absolute Gasteiger partial charge is 0.315 e. The number of aliphatic carboxylic acids is 1. The minimum Gasteiger partial charge on any atom is -0.497 e. The molecule has 2 aromatic carbocycles. The fraction of sp³-hybridized carbons (Fsp3) is 0.333. The molecule has 3 N–H and O–H groups in total. The minimum absolute atomic E-state index is 0.00577.